The molecule has 1 aromatic carbocycles. The molecule has 1 unspecified atom stereocenters. The van der Waals surface area contributed by atoms with E-state index in [1.165, 1.54) is 18.4 Å². The van der Waals surface area contributed by atoms with Gasteiger partial charge in [0.2, 0.25) is 10.0 Å². The minimum absolute atomic E-state index is 0.221. The zero-order chi connectivity index (χ0) is 13.8. The SMILES string of the molecule is CCC(O)CNc1ccccc1S(=O)(=O)N(C)C. The summed E-state index contributed by atoms with van der Waals surface area (Å²) in [4.78, 5) is 0.221. The first-order chi connectivity index (χ1) is 8.39. The van der Waals surface area contributed by atoms with Gasteiger partial charge in [-0.25, -0.2) is 12.7 Å². The van der Waals surface area contributed by atoms with Gasteiger partial charge in [-0.05, 0) is 18.6 Å². The quantitative estimate of drug-likeness (QED) is 0.814. The summed E-state index contributed by atoms with van der Waals surface area (Å²) in [7, 11) is -0.487. The van der Waals surface area contributed by atoms with Crippen molar-refractivity contribution in [1.29, 1.82) is 0 Å². The number of sulfonamides is 1. The third-order valence-corrected chi connectivity index (χ3v) is 4.52. The van der Waals surface area contributed by atoms with Gasteiger partial charge >= 0.3 is 0 Å². The van der Waals surface area contributed by atoms with Gasteiger partial charge in [0.05, 0.1) is 11.8 Å². The lowest BCUT2D eigenvalue weighted by molar-refractivity contribution is 0.183. The molecule has 0 aliphatic heterocycles. The summed E-state index contributed by atoms with van der Waals surface area (Å²) < 4.78 is 25.4. The van der Waals surface area contributed by atoms with E-state index >= 15 is 0 Å². The Labute approximate surface area is 108 Å². The molecule has 1 rings (SSSR count). The molecule has 0 aliphatic rings. The van der Waals surface area contributed by atoms with Crippen LogP contribution in [-0.4, -0.2) is 44.6 Å². The fourth-order valence-electron chi connectivity index (χ4n) is 1.41. The molecule has 18 heavy (non-hydrogen) atoms. The number of hydrogen-bond donors (Lipinski definition) is 2. The molecule has 0 fully saturated rings. The highest BCUT2D eigenvalue weighted by atomic mass is 32.2. The summed E-state index contributed by atoms with van der Waals surface area (Å²) in [6.45, 7) is 2.20. The average Bonchev–Trinajstić information content (AvgIpc) is 2.35. The van der Waals surface area contributed by atoms with Crippen LogP contribution < -0.4 is 5.32 Å². The Kier molecular flexibility index (Phi) is 5.13. The molecule has 2 N–H and O–H groups in total. The van der Waals surface area contributed by atoms with Crippen molar-refractivity contribution in [2.24, 2.45) is 0 Å². The second-order valence-electron chi connectivity index (χ2n) is 4.23. The summed E-state index contributed by atoms with van der Waals surface area (Å²) in [5.41, 5.74) is 0.513. The van der Waals surface area contributed by atoms with Crippen LogP contribution >= 0.6 is 0 Å². The Bertz CT molecular complexity index is 486. The van der Waals surface area contributed by atoms with E-state index in [9.17, 15) is 13.5 Å². The average molecular weight is 272 g/mol. The molecule has 0 spiro atoms. The summed E-state index contributed by atoms with van der Waals surface area (Å²) >= 11 is 0. The van der Waals surface area contributed by atoms with E-state index in [2.05, 4.69) is 5.32 Å². The maximum absolute atomic E-state index is 12.1. The fraction of sp³-hybridized carbons (Fsp3) is 0.500. The smallest absolute Gasteiger partial charge is 0.244 e. The number of benzene rings is 1. The monoisotopic (exact) mass is 272 g/mol. The predicted octanol–water partition coefficient (Wildman–Crippen LogP) is 1.12. The number of rotatable bonds is 6. The Morgan fingerprint density at radius 2 is 1.94 bits per heavy atom. The molecular formula is C12H20N2O3S. The van der Waals surface area contributed by atoms with E-state index in [4.69, 9.17) is 0 Å². The molecule has 1 atom stereocenters. The van der Waals surface area contributed by atoms with Gasteiger partial charge in [-0.3, -0.25) is 0 Å². The highest BCUT2D eigenvalue weighted by molar-refractivity contribution is 7.89. The van der Waals surface area contributed by atoms with Gasteiger partial charge in [0.1, 0.15) is 4.90 Å². The number of anilines is 1. The van der Waals surface area contributed by atoms with E-state index in [0.29, 0.717) is 18.7 Å². The minimum atomic E-state index is -3.47. The largest absolute Gasteiger partial charge is 0.391 e. The van der Waals surface area contributed by atoms with Crippen LogP contribution in [0, 0.1) is 0 Å². The van der Waals surface area contributed by atoms with Gasteiger partial charge < -0.3 is 10.4 Å². The lowest BCUT2D eigenvalue weighted by atomic mass is 10.2. The zero-order valence-corrected chi connectivity index (χ0v) is 11.7. The van der Waals surface area contributed by atoms with Crippen molar-refractivity contribution in [3.8, 4) is 0 Å². The van der Waals surface area contributed by atoms with E-state index in [1.54, 1.807) is 24.3 Å². The second kappa shape index (κ2) is 6.17. The maximum Gasteiger partial charge on any atom is 0.244 e. The van der Waals surface area contributed by atoms with Crippen LogP contribution in [-0.2, 0) is 10.0 Å². The van der Waals surface area contributed by atoms with Crippen molar-refractivity contribution in [3.05, 3.63) is 24.3 Å². The number of nitrogens with one attached hydrogen (secondary N) is 1. The molecule has 5 nitrogen and oxygen atoms in total. The van der Waals surface area contributed by atoms with Gasteiger partial charge in [-0.15, -0.1) is 0 Å². The standard InChI is InChI=1S/C12H20N2O3S/c1-4-10(15)9-13-11-7-5-6-8-12(11)18(16,17)14(2)3/h5-8,10,13,15H,4,9H2,1-3H3. The number of nitrogens with zero attached hydrogens (tertiary/aromatic N) is 1. The number of hydrogen-bond acceptors (Lipinski definition) is 4. The molecule has 6 heteroatoms. The van der Waals surface area contributed by atoms with Crippen LogP contribution in [0.2, 0.25) is 0 Å². The van der Waals surface area contributed by atoms with Crippen LogP contribution in [0.4, 0.5) is 5.69 Å². The van der Waals surface area contributed by atoms with Gasteiger partial charge in [0, 0.05) is 20.6 Å². The number of para-hydroxylation sites is 1. The summed E-state index contributed by atoms with van der Waals surface area (Å²) in [6.07, 6.45) is 0.135. The molecule has 0 bridgehead atoms. The van der Waals surface area contributed by atoms with Crippen LogP contribution in [0.15, 0.2) is 29.2 Å². The molecule has 0 aromatic heterocycles. The highest BCUT2D eigenvalue weighted by Crippen LogP contribution is 2.23. The van der Waals surface area contributed by atoms with Crippen LogP contribution in [0.3, 0.4) is 0 Å². The predicted molar refractivity (Wildman–Crippen MR) is 72.1 cm³/mol. The molecule has 0 heterocycles. The van der Waals surface area contributed by atoms with Crippen LogP contribution in [0.1, 0.15) is 13.3 Å². The van der Waals surface area contributed by atoms with E-state index in [1.807, 2.05) is 6.92 Å². The lowest BCUT2D eigenvalue weighted by Crippen LogP contribution is -2.25. The van der Waals surface area contributed by atoms with Crippen molar-refractivity contribution >= 4 is 15.7 Å². The van der Waals surface area contributed by atoms with Crippen molar-refractivity contribution < 1.29 is 13.5 Å². The maximum atomic E-state index is 12.1. The van der Waals surface area contributed by atoms with Gasteiger partial charge in [-0.1, -0.05) is 19.1 Å². The van der Waals surface area contributed by atoms with Crippen molar-refractivity contribution in [2.45, 2.75) is 24.3 Å². The summed E-state index contributed by atoms with van der Waals surface area (Å²) in [5.74, 6) is 0. The Morgan fingerprint density at radius 3 is 2.50 bits per heavy atom. The second-order valence-corrected chi connectivity index (χ2v) is 6.35. The summed E-state index contributed by atoms with van der Waals surface area (Å²) in [6, 6.07) is 6.68. The molecule has 0 radical (unpaired) electrons. The topological polar surface area (TPSA) is 69.6 Å². The Morgan fingerprint density at radius 1 is 1.33 bits per heavy atom. The molecule has 0 aliphatic carbocycles. The van der Waals surface area contributed by atoms with E-state index in [0.717, 1.165) is 0 Å². The fourth-order valence-corrected chi connectivity index (χ4v) is 2.47. The molecule has 0 saturated heterocycles. The number of aliphatic hydroxyl groups excluding tert-OH is 1. The van der Waals surface area contributed by atoms with E-state index in [-0.39, 0.29) is 4.90 Å². The molecular weight excluding hydrogens is 252 g/mol. The number of aliphatic hydroxyl groups is 1. The molecule has 0 saturated carbocycles. The Balaban J connectivity index is 3.01. The molecule has 1 aromatic rings. The first-order valence-electron chi connectivity index (χ1n) is 5.83. The normalized spacial score (nSPS) is 13.6. The van der Waals surface area contributed by atoms with E-state index < -0.39 is 16.1 Å². The first-order valence-corrected chi connectivity index (χ1v) is 7.27. The summed E-state index contributed by atoms with van der Waals surface area (Å²) in [5, 5.41) is 12.5. The third kappa shape index (κ3) is 3.44. The lowest BCUT2D eigenvalue weighted by Gasteiger charge is -2.17. The van der Waals surface area contributed by atoms with Crippen molar-refractivity contribution in [3.63, 3.8) is 0 Å². The first kappa shape index (κ1) is 14.9. The highest BCUT2D eigenvalue weighted by Gasteiger charge is 2.20. The van der Waals surface area contributed by atoms with Crippen LogP contribution in [0.5, 0.6) is 0 Å². The van der Waals surface area contributed by atoms with Crippen molar-refractivity contribution in [1.82, 2.24) is 4.31 Å². The molecule has 102 valence electrons. The molecule has 0 amide bonds. The van der Waals surface area contributed by atoms with Gasteiger partial charge in [0.15, 0.2) is 0 Å². The van der Waals surface area contributed by atoms with Gasteiger partial charge in [0.25, 0.3) is 0 Å². The minimum Gasteiger partial charge on any atom is -0.391 e. The Hall–Kier alpha value is -1.11. The zero-order valence-electron chi connectivity index (χ0n) is 10.9. The van der Waals surface area contributed by atoms with Gasteiger partial charge in [-0.2, -0.15) is 0 Å². The van der Waals surface area contributed by atoms with Crippen molar-refractivity contribution in [2.75, 3.05) is 26.0 Å². The third-order valence-electron chi connectivity index (χ3n) is 2.65. The van der Waals surface area contributed by atoms with Crippen LogP contribution in [0.25, 0.3) is 0 Å².